The highest BCUT2D eigenvalue weighted by atomic mass is 19.3. The molecule has 0 bridgehead atoms. The molecular formula is C25H23F4N7O. The Bertz CT molecular complexity index is 1340. The lowest BCUT2D eigenvalue weighted by Crippen LogP contribution is -2.48. The zero-order chi connectivity index (χ0) is 26.0. The molecule has 12 heteroatoms. The van der Waals surface area contributed by atoms with Crippen LogP contribution in [0.25, 0.3) is 11.1 Å². The molecule has 0 radical (unpaired) electrons. The van der Waals surface area contributed by atoms with E-state index in [-0.39, 0.29) is 0 Å². The Hall–Kier alpha value is -3.90. The summed E-state index contributed by atoms with van der Waals surface area (Å²) in [6, 6.07) is 12.2. The molecule has 0 spiro atoms. The fourth-order valence-electron chi connectivity index (χ4n) is 4.42. The molecule has 5 rings (SSSR count). The molecule has 8 nitrogen and oxygen atoms in total. The molecule has 1 atom stereocenters. The van der Waals surface area contributed by atoms with E-state index in [9.17, 15) is 13.9 Å². The maximum Gasteiger partial charge on any atom is 0.323 e. The third-order valence-corrected chi connectivity index (χ3v) is 6.45. The van der Waals surface area contributed by atoms with Gasteiger partial charge in [-0.25, -0.2) is 13.5 Å². The number of hydrogen-bond acceptors (Lipinski definition) is 7. The molecule has 1 saturated heterocycles. The van der Waals surface area contributed by atoms with Gasteiger partial charge in [-0.2, -0.15) is 8.78 Å². The topological polar surface area (TPSA) is 92.0 Å². The zero-order valence-electron chi connectivity index (χ0n) is 19.5. The predicted octanol–water partition coefficient (Wildman–Crippen LogP) is 3.10. The predicted molar refractivity (Wildman–Crippen MR) is 127 cm³/mol. The number of tetrazole rings is 1. The van der Waals surface area contributed by atoms with E-state index in [0.717, 1.165) is 66.6 Å². The summed E-state index contributed by atoms with van der Waals surface area (Å²) in [6.07, 6.45) is 2.27. The number of aromatic nitrogens is 5. The van der Waals surface area contributed by atoms with Crippen molar-refractivity contribution in [1.82, 2.24) is 30.5 Å². The summed E-state index contributed by atoms with van der Waals surface area (Å²) in [7, 11) is 0. The van der Waals surface area contributed by atoms with Gasteiger partial charge < -0.3 is 15.3 Å². The highest BCUT2D eigenvalue weighted by Crippen LogP contribution is 2.46. The van der Waals surface area contributed by atoms with E-state index in [1.165, 1.54) is 12.3 Å². The Morgan fingerprint density at radius 2 is 1.68 bits per heavy atom. The molecule has 37 heavy (non-hydrogen) atoms. The quantitative estimate of drug-likeness (QED) is 0.367. The summed E-state index contributed by atoms with van der Waals surface area (Å²) in [6.45, 7) is 2.69. The smallest absolute Gasteiger partial charge is 0.323 e. The second kappa shape index (κ2) is 9.87. The van der Waals surface area contributed by atoms with Gasteiger partial charge in [0.15, 0.2) is 5.60 Å². The minimum Gasteiger partial charge on any atom is -0.377 e. The second-order valence-corrected chi connectivity index (χ2v) is 8.78. The monoisotopic (exact) mass is 513 g/mol. The number of benzene rings is 2. The largest absolute Gasteiger partial charge is 0.377 e. The van der Waals surface area contributed by atoms with Crippen molar-refractivity contribution in [1.29, 1.82) is 0 Å². The summed E-state index contributed by atoms with van der Waals surface area (Å²) in [5.41, 5.74) is -2.37. The number of alkyl halides is 2. The summed E-state index contributed by atoms with van der Waals surface area (Å²) in [5, 5.41) is 24.8. The normalized spacial score (nSPS) is 16.0. The molecule has 2 aromatic heterocycles. The maximum absolute atomic E-state index is 15.9. The van der Waals surface area contributed by atoms with Crippen LogP contribution in [0.2, 0.25) is 0 Å². The van der Waals surface area contributed by atoms with Gasteiger partial charge in [-0.15, -0.1) is 5.10 Å². The van der Waals surface area contributed by atoms with E-state index >= 15 is 8.78 Å². The van der Waals surface area contributed by atoms with Crippen LogP contribution in [0.3, 0.4) is 0 Å². The summed E-state index contributed by atoms with van der Waals surface area (Å²) in [5.74, 6) is -6.42. The van der Waals surface area contributed by atoms with E-state index in [4.69, 9.17) is 0 Å². The summed E-state index contributed by atoms with van der Waals surface area (Å²) < 4.78 is 60.8. The standard InChI is InChI=1S/C25H23F4N7O/c26-19-4-7-21(22(27)13-19)24(37,15-36-16-32-33-34-36)25(28,29)23-8-3-18(14-31-23)17-1-5-20(6-2-17)35-11-9-30-10-12-35/h1-8,13-14,16,30,37H,9-12,15H2/t24-/m0/s1. The molecule has 2 N–H and O–H groups in total. The van der Waals surface area contributed by atoms with Crippen LogP contribution in [-0.2, 0) is 18.1 Å². The first kappa shape index (κ1) is 24.8. The van der Waals surface area contributed by atoms with E-state index in [2.05, 4.69) is 30.7 Å². The van der Waals surface area contributed by atoms with Crippen LogP contribution in [0.15, 0.2) is 67.1 Å². The van der Waals surface area contributed by atoms with E-state index < -0.39 is 41.0 Å². The van der Waals surface area contributed by atoms with E-state index in [0.29, 0.717) is 11.6 Å². The van der Waals surface area contributed by atoms with Crippen LogP contribution in [-0.4, -0.2) is 56.5 Å². The fourth-order valence-corrected chi connectivity index (χ4v) is 4.42. The third-order valence-electron chi connectivity index (χ3n) is 6.45. The highest BCUT2D eigenvalue weighted by Gasteiger charge is 2.58. The first-order valence-corrected chi connectivity index (χ1v) is 11.6. The molecule has 1 fully saturated rings. The molecule has 3 heterocycles. The molecule has 0 amide bonds. The van der Waals surface area contributed by atoms with Gasteiger partial charge in [-0.3, -0.25) is 4.98 Å². The number of piperazine rings is 1. The first-order valence-electron chi connectivity index (χ1n) is 11.6. The minimum atomic E-state index is -4.11. The average Bonchev–Trinajstić information content (AvgIpc) is 3.42. The van der Waals surface area contributed by atoms with Gasteiger partial charge >= 0.3 is 5.92 Å². The van der Waals surface area contributed by atoms with Crippen LogP contribution in [0.4, 0.5) is 23.2 Å². The van der Waals surface area contributed by atoms with E-state index in [1.807, 2.05) is 24.3 Å². The number of halogens is 4. The Morgan fingerprint density at radius 1 is 0.946 bits per heavy atom. The van der Waals surface area contributed by atoms with Gasteiger partial charge in [0, 0.05) is 55.3 Å². The SMILES string of the molecule is O[C@@](Cn1cnnn1)(c1ccc(F)cc1F)C(F)(F)c1ccc(-c2ccc(N3CCNCC3)cc2)cn1. The lowest BCUT2D eigenvalue weighted by atomic mass is 9.84. The highest BCUT2D eigenvalue weighted by molar-refractivity contribution is 5.66. The van der Waals surface area contributed by atoms with Gasteiger partial charge in [-0.1, -0.05) is 18.2 Å². The molecule has 0 aliphatic carbocycles. The van der Waals surface area contributed by atoms with Crippen LogP contribution in [0.5, 0.6) is 0 Å². The van der Waals surface area contributed by atoms with Crippen molar-refractivity contribution >= 4 is 5.69 Å². The number of hydrogen-bond donors (Lipinski definition) is 2. The van der Waals surface area contributed by atoms with Crippen molar-refractivity contribution in [2.75, 3.05) is 31.1 Å². The Balaban J connectivity index is 1.45. The Kier molecular flexibility index (Phi) is 6.61. The maximum atomic E-state index is 15.9. The number of aliphatic hydroxyl groups is 1. The van der Waals surface area contributed by atoms with Crippen molar-refractivity contribution in [3.8, 4) is 11.1 Å². The van der Waals surface area contributed by atoms with Gasteiger partial charge in [0.1, 0.15) is 23.7 Å². The van der Waals surface area contributed by atoms with Crippen molar-refractivity contribution in [2.24, 2.45) is 0 Å². The van der Waals surface area contributed by atoms with Gasteiger partial charge in [0.05, 0.1) is 6.54 Å². The lowest BCUT2D eigenvalue weighted by molar-refractivity contribution is -0.207. The minimum absolute atomic E-state index is 0.427. The second-order valence-electron chi connectivity index (χ2n) is 8.78. The molecule has 1 aliphatic rings. The molecular weight excluding hydrogens is 490 g/mol. The number of pyridine rings is 1. The van der Waals surface area contributed by atoms with Crippen molar-refractivity contribution in [3.63, 3.8) is 0 Å². The Labute approximate surface area is 209 Å². The summed E-state index contributed by atoms with van der Waals surface area (Å²) >= 11 is 0. The van der Waals surface area contributed by atoms with Gasteiger partial charge in [0.25, 0.3) is 0 Å². The van der Waals surface area contributed by atoms with Crippen LogP contribution in [0, 0.1) is 11.6 Å². The molecule has 4 aromatic rings. The fraction of sp³-hybridized carbons (Fsp3) is 0.280. The molecule has 192 valence electrons. The molecule has 2 aromatic carbocycles. The number of nitrogens with zero attached hydrogens (tertiary/aromatic N) is 6. The van der Waals surface area contributed by atoms with Crippen LogP contribution in [0.1, 0.15) is 11.3 Å². The number of nitrogens with one attached hydrogen (secondary N) is 1. The van der Waals surface area contributed by atoms with E-state index in [1.54, 1.807) is 0 Å². The van der Waals surface area contributed by atoms with Crippen molar-refractivity contribution in [3.05, 3.63) is 90.0 Å². The first-order chi connectivity index (χ1) is 17.8. The van der Waals surface area contributed by atoms with Crippen LogP contribution < -0.4 is 10.2 Å². The van der Waals surface area contributed by atoms with Gasteiger partial charge in [-0.05, 0) is 46.3 Å². The van der Waals surface area contributed by atoms with Crippen molar-refractivity contribution < 1.29 is 22.7 Å². The van der Waals surface area contributed by atoms with Gasteiger partial charge in [0.2, 0.25) is 0 Å². The van der Waals surface area contributed by atoms with Crippen LogP contribution >= 0.6 is 0 Å². The lowest BCUT2D eigenvalue weighted by Gasteiger charge is -2.35. The molecule has 1 aliphatic heterocycles. The molecule has 0 saturated carbocycles. The Morgan fingerprint density at radius 3 is 2.30 bits per heavy atom. The zero-order valence-corrected chi connectivity index (χ0v) is 19.5. The number of rotatable bonds is 7. The van der Waals surface area contributed by atoms with Crippen molar-refractivity contribution in [2.45, 2.75) is 18.1 Å². The summed E-state index contributed by atoms with van der Waals surface area (Å²) in [4.78, 5) is 6.17. The average molecular weight is 513 g/mol. The third kappa shape index (κ3) is 4.77. The number of anilines is 1. The molecule has 0 unspecified atom stereocenters.